The third kappa shape index (κ3) is 2.01. The van der Waals surface area contributed by atoms with E-state index in [0.29, 0.717) is 31.3 Å². The Labute approximate surface area is 125 Å². The van der Waals surface area contributed by atoms with Gasteiger partial charge in [-0.1, -0.05) is 0 Å². The van der Waals surface area contributed by atoms with Crippen molar-refractivity contribution in [3.63, 3.8) is 0 Å². The molecule has 1 N–H and O–H groups in total. The highest BCUT2D eigenvalue weighted by atomic mass is 16.4. The second-order valence-electron chi connectivity index (χ2n) is 8.33. The smallest absolute Gasteiger partial charge is 0.311 e. The number of amides is 1. The van der Waals surface area contributed by atoms with Gasteiger partial charge >= 0.3 is 5.97 Å². The van der Waals surface area contributed by atoms with Crippen LogP contribution in [-0.4, -0.2) is 35.0 Å². The molecule has 1 heterocycles. The molecule has 0 radical (unpaired) electrons. The third-order valence-electron chi connectivity index (χ3n) is 6.81. The number of carbonyl (C=O) groups is 2. The maximum atomic E-state index is 13.0. The fraction of sp³-hybridized carbons (Fsp3) is 0.882. The molecule has 4 aliphatic carbocycles. The first kappa shape index (κ1) is 13.6. The Balaban J connectivity index is 1.50. The highest BCUT2D eigenvalue weighted by Gasteiger charge is 2.53. The topological polar surface area (TPSA) is 57.6 Å². The molecule has 5 rings (SSSR count). The molecule has 4 nitrogen and oxygen atoms in total. The van der Waals surface area contributed by atoms with Crippen molar-refractivity contribution in [1.82, 2.24) is 4.90 Å². The molecule has 21 heavy (non-hydrogen) atoms. The Morgan fingerprint density at radius 3 is 2.10 bits per heavy atom. The monoisotopic (exact) mass is 291 g/mol. The van der Waals surface area contributed by atoms with E-state index in [2.05, 4.69) is 0 Å². The molecule has 1 saturated heterocycles. The van der Waals surface area contributed by atoms with Crippen LogP contribution in [0.2, 0.25) is 0 Å². The molecule has 1 unspecified atom stereocenters. The quantitative estimate of drug-likeness (QED) is 0.850. The third-order valence-corrected chi connectivity index (χ3v) is 6.81. The highest BCUT2D eigenvalue weighted by Crippen LogP contribution is 2.57. The summed E-state index contributed by atoms with van der Waals surface area (Å²) in [5, 5.41) is 9.35. The van der Waals surface area contributed by atoms with Gasteiger partial charge in [0.25, 0.3) is 0 Å². The lowest BCUT2D eigenvalue weighted by molar-refractivity contribution is -0.150. The first-order chi connectivity index (χ1) is 9.96. The average Bonchev–Trinajstić information content (AvgIpc) is 2.81. The lowest BCUT2D eigenvalue weighted by Crippen LogP contribution is -2.51. The van der Waals surface area contributed by atoms with Gasteiger partial charge in [0, 0.05) is 19.0 Å². The Morgan fingerprint density at radius 2 is 1.62 bits per heavy atom. The molecule has 5 fully saturated rings. The largest absolute Gasteiger partial charge is 0.481 e. The summed E-state index contributed by atoms with van der Waals surface area (Å²) in [6.45, 7) is 2.81. The second kappa shape index (κ2) is 4.47. The van der Waals surface area contributed by atoms with Gasteiger partial charge in [-0.2, -0.15) is 0 Å². The van der Waals surface area contributed by atoms with Crippen LogP contribution < -0.4 is 0 Å². The summed E-state index contributed by atoms with van der Waals surface area (Å²) in [7, 11) is 0. The number of aliphatic carboxylic acids is 1. The van der Waals surface area contributed by atoms with Crippen LogP contribution in [-0.2, 0) is 9.59 Å². The summed E-state index contributed by atoms with van der Waals surface area (Å²) in [4.78, 5) is 26.2. The van der Waals surface area contributed by atoms with Gasteiger partial charge in [0.2, 0.25) is 5.91 Å². The highest BCUT2D eigenvalue weighted by molar-refractivity contribution is 5.82. The van der Waals surface area contributed by atoms with Gasteiger partial charge in [0.15, 0.2) is 0 Å². The summed E-state index contributed by atoms with van der Waals surface area (Å²) in [5.74, 6) is 2.64. The number of rotatable bonds is 2. The molecule has 4 saturated carbocycles. The fourth-order valence-corrected chi connectivity index (χ4v) is 5.86. The lowest BCUT2D eigenvalue weighted by atomic mass is 9.51. The predicted molar refractivity (Wildman–Crippen MR) is 77.5 cm³/mol. The van der Waals surface area contributed by atoms with Crippen molar-refractivity contribution in [3.8, 4) is 0 Å². The number of carboxylic acid groups (broad SMARTS) is 1. The van der Waals surface area contributed by atoms with E-state index in [4.69, 9.17) is 0 Å². The number of hydrogen-bond donors (Lipinski definition) is 1. The lowest BCUT2D eigenvalue weighted by Gasteiger charge is -2.54. The number of likely N-dealkylation sites (tertiary alicyclic amines) is 1. The number of hydrogen-bond acceptors (Lipinski definition) is 2. The number of nitrogens with zero attached hydrogens (tertiary/aromatic N) is 1. The molecule has 1 amide bonds. The van der Waals surface area contributed by atoms with E-state index in [1.807, 2.05) is 4.90 Å². The van der Waals surface area contributed by atoms with E-state index in [1.54, 1.807) is 6.92 Å². The Morgan fingerprint density at radius 1 is 1.05 bits per heavy atom. The molecule has 0 spiro atoms. The van der Waals surface area contributed by atoms with Crippen molar-refractivity contribution in [2.24, 2.45) is 35.0 Å². The number of carbonyl (C=O) groups excluding carboxylic acids is 1. The standard InChI is InChI=1S/C17H25NO3/c1-17(16(20)21)2-3-18(9-17)15(19)14-12-5-10-4-11(7-12)8-13(14)6-10/h10-14H,2-9H2,1H3,(H,20,21). The maximum Gasteiger partial charge on any atom is 0.311 e. The predicted octanol–water partition coefficient (Wildman–Crippen LogP) is 2.38. The van der Waals surface area contributed by atoms with Crippen molar-refractivity contribution >= 4 is 11.9 Å². The molecule has 4 bridgehead atoms. The van der Waals surface area contributed by atoms with Gasteiger partial charge in [-0.25, -0.2) is 0 Å². The molecular weight excluding hydrogens is 266 g/mol. The molecule has 5 aliphatic rings. The van der Waals surface area contributed by atoms with E-state index in [-0.39, 0.29) is 11.8 Å². The molecule has 0 aromatic heterocycles. The van der Waals surface area contributed by atoms with Crippen LogP contribution in [0.1, 0.15) is 45.4 Å². The Hall–Kier alpha value is -1.06. The summed E-state index contributed by atoms with van der Waals surface area (Å²) in [6.07, 6.45) is 6.97. The minimum absolute atomic E-state index is 0.203. The normalized spacial score (nSPS) is 47.9. The van der Waals surface area contributed by atoms with Gasteiger partial charge in [0.1, 0.15) is 0 Å². The van der Waals surface area contributed by atoms with Crippen molar-refractivity contribution in [2.75, 3.05) is 13.1 Å². The van der Waals surface area contributed by atoms with Crippen LogP contribution in [0.3, 0.4) is 0 Å². The average molecular weight is 291 g/mol. The maximum absolute atomic E-state index is 13.0. The Bertz CT molecular complexity index is 460. The minimum Gasteiger partial charge on any atom is -0.481 e. The SMILES string of the molecule is CC1(C(=O)O)CCN(C(=O)C2C3CC4CC(C3)CC2C4)C1. The molecule has 0 aromatic carbocycles. The van der Waals surface area contributed by atoms with E-state index >= 15 is 0 Å². The van der Waals surface area contributed by atoms with E-state index in [9.17, 15) is 14.7 Å². The van der Waals surface area contributed by atoms with Crippen LogP contribution >= 0.6 is 0 Å². The first-order valence-corrected chi connectivity index (χ1v) is 8.48. The van der Waals surface area contributed by atoms with Crippen LogP contribution in [0.15, 0.2) is 0 Å². The second-order valence-corrected chi connectivity index (χ2v) is 8.33. The van der Waals surface area contributed by atoms with Gasteiger partial charge in [-0.3, -0.25) is 9.59 Å². The van der Waals surface area contributed by atoms with Gasteiger partial charge < -0.3 is 10.0 Å². The molecule has 1 atom stereocenters. The van der Waals surface area contributed by atoms with Crippen LogP contribution in [0.4, 0.5) is 0 Å². The Kier molecular flexibility index (Phi) is 2.89. The van der Waals surface area contributed by atoms with Crippen molar-refractivity contribution in [3.05, 3.63) is 0 Å². The van der Waals surface area contributed by atoms with Crippen molar-refractivity contribution in [1.29, 1.82) is 0 Å². The first-order valence-electron chi connectivity index (χ1n) is 8.48. The zero-order valence-electron chi connectivity index (χ0n) is 12.8. The van der Waals surface area contributed by atoms with Crippen molar-refractivity contribution in [2.45, 2.75) is 45.4 Å². The van der Waals surface area contributed by atoms with E-state index in [1.165, 1.54) is 32.1 Å². The van der Waals surface area contributed by atoms with Gasteiger partial charge in [-0.05, 0) is 69.1 Å². The van der Waals surface area contributed by atoms with Crippen LogP contribution in [0.5, 0.6) is 0 Å². The zero-order valence-corrected chi connectivity index (χ0v) is 12.8. The minimum atomic E-state index is -0.761. The van der Waals surface area contributed by atoms with Crippen LogP contribution in [0.25, 0.3) is 0 Å². The molecular formula is C17H25NO3. The molecule has 0 aromatic rings. The summed E-state index contributed by atoms with van der Waals surface area (Å²) in [6, 6.07) is 0. The zero-order chi connectivity index (χ0) is 14.8. The van der Waals surface area contributed by atoms with Gasteiger partial charge in [-0.15, -0.1) is 0 Å². The molecule has 116 valence electrons. The molecule has 4 heteroatoms. The van der Waals surface area contributed by atoms with E-state index in [0.717, 1.165) is 11.8 Å². The molecule has 1 aliphatic heterocycles. The van der Waals surface area contributed by atoms with Gasteiger partial charge in [0.05, 0.1) is 5.41 Å². The van der Waals surface area contributed by atoms with Crippen molar-refractivity contribution < 1.29 is 14.7 Å². The van der Waals surface area contributed by atoms with E-state index < -0.39 is 11.4 Å². The fourth-order valence-electron chi connectivity index (χ4n) is 5.86. The summed E-state index contributed by atoms with van der Waals surface area (Å²) in [5.41, 5.74) is -0.735. The summed E-state index contributed by atoms with van der Waals surface area (Å²) >= 11 is 0. The number of carboxylic acids is 1. The van der Waals surface area contributed by atoms with Crippen LogP contribution in [0, 0.1) is 35.0 Å². The summed E-state index contributed by atoms with van der Waals surface area (Å²) < 4.78 is 0.